The Morgan fingerprint density at radius 3 is 2.05 bits per heavy atom. The first-order valence-electron chi connectivity index (χ1n) is 6.96. The molecular weight excluding hydrogens is 318 g/mol. The molecule has 9 heteroatoms. The highest BCUT2D eigenvalue weighted by Gasteiger charge is 2.33. The van der Waals surface area contributed by atoms with Gasteiger partial charge in [-0.1, -0.05) is 26.7 Å². The van der Waals surface area contributed by atoms with Crippen molar-refractivity contribution in [2.75, 3.05) is 19.6 Å². The van der Waals surface area contributed by atoms with Crippen LogP contribution >= 0.6 is 24.8 Å². The second-order valence-corrected chi connectivity index (χ2v) is 4.96. The van der Waals surface area contributed by atoms with Gasteiger partial charge in [0, 0.05) is 6.54 Å². The van der Waals surface area contributed by atoms with Gasteiger partial charge < -0.3 is 25.8 Å². The fourth-order valence-corrected chi connectivity index (χ4v) is 2.00. The summed E-state index contributed by atoms with van der Waals surface area (Å²) in [6.45, 7) is 6.49. The van der Waals surface area contributed by atoms with Crippen molar-refractivity contribution in [2.45, 2.75) is 51.4 Å². The lowest BCUT2D eigenvalue weighted by Crippen LogP contribution is -2.50. The molecule has 0 aromatic heterocycles. The summed E-state index contributed by atoms with van der Waals surface area (Å²) in [5, 5.41) is 26.7. The summed E-state index contributed by atoms with van der Waals surface area (Å²) in [5.41, 5.74) is 4.74. The number of hydrogen-bond donors (Lipinski definition) is 4. The number of rotatable bonds is 11. The molecule has 0 aliphatic heterocycles. The Bertz CT molecular complexity index is 272. The second-order valence-electron chi connectivity index (χ2n) is 4.96. The van der Waals surface area contributed by atoms with E-state index in [-0.39, 0.29) is 31.1 Å². The zero-order chi connectivity index (χ0) is 14.9. The van der Waals surface area contributed by atoms with Gasteiger partial charge in [-0.05, 0) is 32.3 Å². The summed E-state index contributed by atoms with van der Waals surface area (Å²) in [7, 11) is -1.33. The molecule has 21 heavy (non-hydrogen) atoms. The molecule has 0 rings (SSSR count). The fraction of sp³-hybridized carbons (Fsp3) is 0.917. The predicted octanol–water partition coefficient (Wildman–Crippen LogP) is 0.987. The van der Waals surface area contributed by atoms with Gasteiger partial charge in [0.05, 0.1) is 0 Å². The summed E-state index contributed by atoms with van der Waals surface area (Å²) >= 11 is 0. The molecule has 0 aliphatic carbocycles. The van der Waals surface area contributed by atoms with Crippen LogP contribution in [0, 0.1) is 0 Å². The van der Waals surface area contributed by atoms with Gasteiger partial charge in [0.15, 0.2) is 0 Å². The maximum absolute atomic E-state index is 11.3. The molecule has 0 bridgehead atoms. The lowest BCUT2D eigenvalue weighted by molar-refractivity contribution is -0.144. The quantitative estimate of drug-likeness (QED) is 0.328. The monoisotopic (exact) mass is 346 g/mol. The van der Waals surface area contributed by atoms with E-state index < -0.39 is 18.6 Å². The van der Waals surface area contributed by atoms with E-state index in [1.807, 2.05) is 13.8 Å². The molecule has 0 amide bonds. The van der Waals surface area contributed by atoms with Gasteiger partial charge in [0.2, 0.25) is 0 Å². The fourth-order valence-electron chi connectivity index (χ4n) is 2.00. The number of halogens is 2. The summed E-state index contributed by atoms with van der Waals surface area (Å²) in [5.74, 6) is -0.982. The average Bonchev–Trinajstić information content (AvgIpc) is 2.35. The largest absolute Gasteiger partial charge is 0.480 e. The van der Waals surface area contributed by atoms with E-state index in [4.69, 9.17) is 15.8 Å². The van der Waals surface area contributed by atoms with Crippen LogP contribution in [0.15, 0.2) is 0 Å². The first kappa shape index (κ1) is 25.9. The molecule has 0 spiro atoms. The van der Waals surface area contributed by atoms with Crippen molar-refractivity contribution < 1.29 is 19.9 Å². The van der Waals surface area contributed by atoms with Crippen molar-refractivity contribution in [1.29, 1.82) is 0 Å². The Morgan fingerprint density at radius 2 is 1.67 bits per heavy atom. The molecule has 6 nitrogen and oxygen atoms in total. The number of carbonyl (C=O) groups is 1. The van der Waals surface area contributed by atoms with E-state index in [1.165, 1.54) is 0 Å². The van der Waals surface area contributed by atoms with Crippen molar-refractivity contribution >= 4 is 37.9 Å². The molecule has 0 aromatic rings. The van der Waals surface area contributed by atoms with Crippen LogP contribution in [-0.4, -0.2) is 58.3 Å². The molecule has 0 saturated carbocycles. The van der Waals surface area contributed by atoms with E-state index >= 15 is 0 Å². The topological polar surface area (TPSA) is 107 Å². The minimum atomic E-state index is -1.33. The molecule has 0 saturated heterocycles. The first-order chi connectivity index (χ1) is 8.85. The maximum Gasteiger partial charge on any atom is 0.451 e. The Kier molecular flexibility index (Phi) is 16.8. The maximum atomic E-state index is 11.3. The summed E-state index contributed by atoms with van der Waals surface area (Å²) in [6, 6.07) is 0. The Labute approximate surface area is 140 Å². The van der Waals surface area contributed by atoms with Crippen LogP contribution in [0.2, 0.25) is 6.32 Å². The summed E-state index contributed by atoms with van der Waals surface area (Å²) < 4.78 is 0. The van der Waals surface area contributed by atoms with E-state index in [2.05, 4.69) is 4.90 Å². The van der Waals surface area contributed by atoms with E-state index in [1.54, 1.807) is 0 Å². The van der Waals surface area contributed by atoms with Crippen molar-refractivity contribution in [1.82, 2.24) is 4.90 Å². The van der Waals surface area contributed by atoms with Gasteiger partial charge in [-0.25, -0.2) is 0 Å². The minimum Gasteiger partial charge on any atom is -0.480 e. The molecule has 5 N–H and O–H groups in total. The number of hydrogen-bond acceptors (Lipinski definition) is 5. The van der Waals surface area contributed by atoms with Gasteiger partial charge in [0.1, 0.15) is 5.54 Å². The SMILES string of the molecule is CCN(CC)CCC(N)(CCCCB(O)O)C(=O)O.Cl.Cl. The molecule has 0 heterocycles. The van der Waals surface area contributed by atoms with E-state index in [9.17, 15) is 9.90 Å². The highest BCUT2D eigenvalue weighted by molar-refractivity contribution is 6.40. The Hall–Kier alpha value is -0.0451. The number of aliphatic carboxylic acids is 1. The molecule has 128 valence electrons. The molecule has 0 aromatic carbocycles. The highest BCUT2D eigenvalue weighted by Crippen LogP contribution is 2.18. The first-order valence-corrected chi connectivity index (χ1v) is 6.96. The van der Waals surface area contributed by atoms with Crippen LogP contribution < -0.4 is 5.73 Å². The molecule has 0 radical (unpaired) electrons. The Balaban J connectivity index is -0.00000162. The van der Waals surface area contributed by atoms with Gasteiger partial charge in [-0.2, -0.15) is 0 Å². The van der Waals surface area contributed by atoms with E-state index in [0.29, 0.717) is 32.2 Å². The number of carboxylic acids is 1. The van der Waals surface area contributed by atoms with Gasteiger partial charge >= 0.3 is 13.1 Å². The minimum absolute atomic E-state index is 0. The summed E-state index contributed by atoms with van der Waals surface area (Å²) in [4.78, 5) is 13.4. The third-order valence-electron chi connectivity index (χ3n) is 3.53. The van der Waals surface area contributed by atoms with Crippen LogP contribution in [0.25, 0.3) is 0 Å². The van der Waals surface area contributed by atoms with Crippen LogP contribution in [-0.2, 0) is 4.79 Å². The molecule has 0 fully saturated rings. The van der Waals surface area contributed by atoms with Crippen LogP contribution in [0.5, 0.6) is 0 Å². The molecule has 1 atom stereocenters. The van der Waals surface area contributed by atoms with Crippen molar-refractivity contribution in [3.63, 3.8) is 0 Å². The number of carboxylic acid groups (broad SMARTS) is 1. The zero-order valence-electron chi connectivity index (χ0n) is 12.8. The highest BCUT2D eigenvalue weighted by atomic mass is 35.5. The molecular formula is C12H29BCl2N2O4. The zero-order valence-corrected chi connectivity index (χ0v) is 14.5. The standard InChI is InChI=1S/C12H27BN2O4.2ClH/c1-3-15(4-2)10-8-12(14,11(16)17)7-5-6-9-13(18)19;;/h18-19H,3-10,14H2,1-2H3,(H,16,17);2*1H. The Morgan fingerprint density at radius 1 is 1.14 bits per heavy atom. The van der Waals surface area contributed by atoms with Gasteiger partial charge in [-0.15, -0.1) is 24.8 Å². The second kappa shape index (κ2) is 13.6. The number of nitrogens with zero attached hydrogens (tertiary/aromatic N) is 1. The van der Waals surface area contributed by atoms with Gasteiger partial charge in [-0.3, -0.25) is 4.79 Å². The van der Waals surface area contributed by atoms with Crippen LogP contribution in [0.3, 0.4) is 0 Å². The third kappa shape index (κ3) is 11.2. The average molecular weight is 347 g/mol. The molecule has 1 unspecified atom stereocenters. The van der Waals surface area contributed by atoms with Crippen molar-refractivity contribution in [3.05, 3.63) is 0 Å². The lowest BCUT2D eigenvalue weighted by Gasteiger charge is -2.28. The van der Waals surface area contributed by atoms with Gasteiger partial charge in [0.25, 0.3) is 0 Å². The van der Waals surface area contributed by atoms with Crippen LogP contribution in [0.4, 0.5) is 0 Å². The normalized spacial score (nSPS) is 13.0. The third-order valence-corrected chi connectivity index (χ3v) is 3.53. The van der Waals surface area contributed by atoms with E-state index in [0.717, 1.165) is 13.1 Å². The lowest BCUT2D eigenvalue weighted by atomic mass is 9.81. The summed E-state index contributed by atoms with van der Waals surface area (Å²) in [6.07, 6.45) is 2.17. The van der Waals surface area contributed by atoms with Crippen molar-refractivity contribution in [3.8, 4) is 0 Å². The van der Waals surface area contributed by atoms with Crippen LogP contribution in [0.1, 0.15) is 39.5 Å². The smallest absolute Gasteiger partial charge is 0.451 e. The predicted molar refractivity (Wildman–Crippen MR) is 90.3 cm³/mol. The van der Waals surface area contributed by atoms with Crippen molar-refractivity contribution in [2.24, 2.45) is 5.73 Å². The molecule has 0 aliphatic rings. The number of unbranched alkanes of at least 4 members (excludes halogenated alkanes) is 1. The number of nitrogens with two attached hydrogens (primary N) is 1.